The molecule has 6 rings (SSSR count). The third-order valence-corrected chi connectivity index (χ3v) is 11.9. The molecule has 0 radical (unpaired) electrons. The Morgan fingerprint density at radius 3 is 0.667 bits per heavy atom. The monoisotopic (exact) mass is 763 g/mol. The topological polar surface area (TPSA) is 0 Å². The van der Waals surface area contributed by atoms with Gasteiger partial charge < -0.3 is 0 Å². The molecule has 0 amide bonds. The maximum absolute atomic E-state index is 2.44. The van der Waals surface area contributed by atoms with E-state index in [2.05, 4.69) is 248 Å². The average molecular weight is 763 g/mol. The number of fused-ring (bicyclic) bond motifs is 3. The minimum atomic E-state index is 0.0766. The van der Waals surface area contributed by atoms with Gasteiger partial charge in [0.1, 0.15) is 0 Å². The lowest BCUT2D eigenvalue weighted by Crippen LogP contribution is -2.19. The third-order valence-electron chi connectivity index (χ3n) is 11.9. The molecular formula is C57H78. The molecular weight excluding hydrogens is 685 g/mol. The van der Waals surface area contributed by atoms with Crippen LogP contribution in [0.1, 0.15) is 183 Å². The molecule has 57 heavy (non-hydrogen) atoms. The Morgan fingerprint density at radius 1 is 0.263 bits per heavy atom. The molecule has 0 spiro atoms. The lowest BCUT2D eigenvalue weighted by molar-refractivity contribution is 0.577. The zero-order valence-corrected chi connectivity index (χ0v) is 39.9. The molecule has 0 heterocycles. The first-order valence-corrected chi connectivity index (χ1v) is 21.4. The van der Waals surface area contributed by atoms with Crippen LogP contribution in [0.5, 0.6) is 0 Å². The Balaban J connectivity index is 0.000000195. The molecule has 1 aliphatic carbocycles. The van der Waals surface area contributed by atoms with Crippen molar-refractivity contribution in [3.05, 3.63) is 154 Å². The van der Waals surface area contributed by atoms with Gasteiger partial charge in [-0.05, 0) is 99.3 Å². The summed E-state index contributed by atoms with van der Waals surface area (Å²) in [7, 11) is 0. The van der Waals surface area contributed by atoms with Gasteiger partial charge in [0.2, 0.25) is 0 Å². The normalized spacial score (nSPS) is 14.1. The fraction of sp³-hybridized carbons (Fsp3) is 0.474. The van der Waals surface area contributed by atoms with E-state index in [1.54, 1.807) is 0 Å². The smallest absolute Gasteiger partial charge is 0.0159 e. The quantitative estimate of drug-likeness (QED) is 0.160. The van der Waals surface area contributed by atoms with Crippen LogP contribution in [0.15, 0.2) is 109 Å². The highest BCUT2D eigenvalue weighted by Crippen LogP contribution is 2.50. The molecule has 0 nitrogen and oxygen atoms in total. The second-order valence-electron chi connectivity index (χ2n) is 23.4. The van der Waals surface area contributed by atoms with Gasteiger partial charge in [0.25, 0.3) is 0 Å². The van der Waals surface area contributed by atoms with Gasteiger partial charge >= 0.3 is 0 Å². The van der Waals surface area contributed by atoms with Gasteiger partial charge in [0.15, 0.2) is 0 Å². The van der Waals surface area contributed by atoms with Gasteiger partial charge in [-0.1, -0.05) is 248 Å². The summed E-state index contributed by atoms with van der Waals surface area (Å²) < 4.78 is 0. The summed E-state index contributed by atoms with van der Waals surface area (Å²) in [5, 5.41) is 0. The number of benzene rings is 5. The Bertz CT molecular complexity index is 1940. The average Bonchev–Trinajstić information content (AvgIpc) is 3.32. The van der Waals surface area contributed by atoms with Gasteiger partial charge in [-0.3, -0.25) is 0 Å². The maximum Gasteiger partial charge on any atom is 0.0159 e. The highest BCUT2D eigenvalue weighted by atomic mass is 14.4. The molecule has 1 aliphatic rings. The molecule has 0 saturated carbocycles. The summed E-state index contributed by atoms with van der Waals surface area (Å²) in [6, 6.07) is 41.0. The van der Waals surface area contributed by atoms with E-state index in [0.717, 1.165) is 0 Å². The first-order valence-electron chi connectivity index (χ1n) is 21.4. The van der Waals surface area contributed by atoms with Crippen LogP contribution in [0.25, 0.3) is 22.3 Å². The SMILES string of the molecule is CC(C)(C)c1ccc(-c2ccc(C(C)(C)C)cc2)cc1.CC(C)(C)c1ccc(C(C)(C)C)cc1.CC(C)(C)c1ccc2c(c1)C(C)(C)c1cc(C(C)(C)C)ccc1-2. The van der Waals surface area contributed by atoms with E-state index >= 15 is 0 Å². The molecule has 0 heteroatoms. The van der Waals surface area contributed by atoms with Crippen LogP contribution < -0.4 is 0 Å². The molecule has 0 atom stereocenters. The lowest BCUT2D eigenvalue weighted by atomic mass is 9.77. The van der Waals surface area contributed by atoms with E-state index in [0.29, 0.717) is 0 Å². The number of hydrogen-bond acceptors (Lipinski definition) is 0. The van der Waals surface area contributed by atoms with Crippen LogP contribution in [0.4, 0.5) is 0 Å². The van der Waals surface area contributed by atoms with E-state index in [1.807, 2.05) is 0 Å². The van der Waals surface area contributed by atoms with Crippen LogP contribution in [0, 0.1) is 0 Å². The summed E-state index contributed by atoms with van der Waals surface area (Å²) >= 11 is 0. The van der Waals surface area contributed by atoms with Gasteiger partial charge in [-0.2, -0.15) is 0 Å². The zero-order valence-electron chi connectivity index (χ0n) is 39.9. The molecule has 0 N–H and O–H groups in total. The van der Waals surface area contributed by atoms with Gasteiger partial charge in [0.05, 0.1) is 0 Å². The summed E-state index contributed by atoms with van der Waals surface area (Å²) in [6.07, 6.45) is 0. The van der Waals surface area contributed by atoms with E-state index < -0.39 is 0 Å². The molecule has 5 aromatic carbocycles. The maximum atomic E-state index is 2.44. The summed E-state index contributed by atoms with van der Waals surface area (Å²) in [5.41, 5.74) is 18.2. The van der Waals surface area contributed by atoms with Crippen LogP contribution >= 0.6 is 0 Å². The van der Waals surface area contributed by atoms with Crippen LogP contribution in [0.2, 0.25) is 0 Å². The third kappa shape index (κ3) is 11.2. The number of rotatable bonds is 1. The fourth-order valence-electron chi connectivity index (χ4n) is 7.47. The molecule has 0 aromatic heterocycles. The van der Waals surface area contributed by atoms with Gasteiger partial charge in [-0.25, -0.2) is 0 Å². The second-order valence-corrected chi connectivity index (χ2v) is 23.4. The first kappa shape index (κ1) is 45.8. The molecule has 0 saturated heterocycles. The number of hydrogen-bond donors (Lipinski definition) is 0. The highest BCUT2D eigenvalue weighted by Gasteiger charge is 2.37. The van der Waals surface area contributed by atoms with Crippen molar-refractivity contribution in [2.24, 2.45) is 0 Å². The van der Waals surface area contributed by atoms with Crippen molar-refractivity contribution in [1.29, 1.82) is 0 Å². The van der Waals surface area contributed by atoms with Gasteiger partial charge in [-0.15, -0.1) is 0 Å². The molecule has 0 unspecified atom stereocenters. The molecule has 306 valence electrons. The van der Waals surface area contributed by atoms with Crippen molar-refractivity contribution < 1.29 is 0 Å². The van der Waals surface area contributed by atoms with Gasteiger partial charge in [0, 0.05) is 5.41 Å². The fourth-order valence-corrected chi connectivity index (χ4v) is 7.47. The van der Waals surface area contributed by atoms with E-state index in [4.69, 9.17) is 0 Å². The Kier molecular flexibility index (Phi) is 12.9. The predicted molar refractivity (Wildman–Crippen MR) is 255 cm³/mol. The van der Waals surface area contributed by atoms with Crippen molar-refractivity contribution in [2.75, 3.05) is 0 Å². The summed E-state index contributed by atoms with van der Waals surface area (Å²) in [6.45, 7) is 45.5. The Hall–Kier alpha value is -3.90. The van der Waals surface area contributed by atoms with Crippen LogP contribution in [-0.2, 0) is 37.9 Å². The molecule has 0 aliphatic heterocycles. The van der Waals surface area contributed by atoms with Crippen LogP contribution in [0.3, 0.4) is 0 Å². The second kappa shape index (κ2) is 16.0. The van der Waals surface area contributed by atoms with Crippen molar-refractivity contribution in [2.45, 2.75) is 176 Å². The van der Waals surface area contributed by atoms with Crippen molar-refractivity contribution in [1.82, 2.24) is 0 Å². The highest BCUT2D eigenvalue weighted by molar-refractivity contribution is 5.81. The van der Waals surface area contributed by atoms with E-state index in [-0.39, 0.29) is 37.9 Å². The molecule has 0 bridgehead atoms. The van der Waals surface area contributed by atoms with Crippen molar-refractivity contribution in [3.63, 3.8) is 0 Å². The Morgan fingerprint density at radius 2 is 0.456 bits per heavy atom. The largest absolute Gasteiger partial charge is 0.0582 e. The minimum absolute atomic E-state index is 0.0766. The standard InChI is InChI=1S/C23H30.C20H26.C14H22/c1-21(2,3)15-9-11-17-18-12-10-16(22(4,5)6)14-20(18)23(7,8)19(17)13-15;1-19(2,3)17-11-7-15(8-12-17)16-9-13-18(14-10-16)20(4,5)6;1-13(2,3)11-7-9-12(10-8-11)14(4,5)6/h9-14H,1-8H3;7-14H,1-6H3;7-10H,1-6H3. The summed E-state index contributed by atoms with van der Waals surface area (Å²) in [5.74, 6) is 0. The predicted octanol–water partition coefficient (Wildman–Crippen LogP) is 16.8. The molecule has 5 aromatic rings. The zero-order chi connectivity index (χ0) is 43.2. The Labute approximate surface area is 351 Å². The minimum Gasteiger partial charge on any atom is -0.0582 e. The summed E-state index contributed by atoms with van der Waals surface area (Å²) in [4.78, 5) is 0. The van der Waals surface area contributed by atoms with E-state index in [1.165, 1.54) is 66.8 Å². The lowest BCUT2D eigenvalue weighted by Gasteiger charge is -2.26. The van der Waals surface area contributed by atoms with E-state index in [9.17, 15) is 0 Å². The van der Waals surface area contributed by atoms with Crippen molar-refractivity contribution in [3.8, 4) is 22.3 Å². The van der Waals surface area contributed by atoms with Crippen LogP contribution in [-0.4, -0.2) is 0 Å². The molecule has 0 fully saturated rings. The first-order chi connectivity index (χ1) is 25.8. The van der Waals surface area contributed by atoms with Crippen molar-refractivity contribution >= 4 is 0 Å².